The normalized spacial score (nSPS) is 15.4. The van der Waals surface area contributed by atoms with Crippen LogP contribution in [0.1, 0.15) is 26.3 Å². The molecule has 4 aromatic carbocycles. The standard InChI is InChI=1S/C32H30ClN3O3/c1-35-19-23-12-6-9-15-30(23)36(20-25(35)21-39-2)32(38)28-17-16-24(18-29(28)33)34-31(37)27-14-8-7-13-26(27)22-10-4-3-5-11-22/h3-18,25H,19-21H2,1-2H3,(H,34,37)/t25-/m0/s1. The Morgan fingerprint density at radius 1 is 0.923 bits per heavy atom. The first-order valence-electron chi connectivity index (χ1n) is 12.8. The highest BCUT2D eigenvalue weighted by Gasteiger charge is 2.30. The Kier molecular flexibility index (Phi) is 8.07. The van der Waals surface area contributed by atoms with E-state index in [-0.39, 0.29) is 22.9 Å². The molecule has 5 rings (SSSR count). The monoisotopic (exact) mass is 539 g/mol. The molecule has 198 valence electrons. The van der Waals surface area contributed by atoms with Crippen molar-refractivity contribution in [1.82, 2.24) is 4.90 Å². The first-order valence-corrected chi connectivity index (χ1v) is 13.2. The third-order valence-electron chi connectivity index (χ3n) is 7.04. The fourth-order valence-corrected chi connectivity index (χ4v) is 5.24. The van der Waals surface area contributed by atoms with Gasteiger partial charge in [0.1, 0.15) is 0 Å². The Bertz CT molecular complexity index is 1490. The molecule has 0 radical (unpaired) electrons. The predicted molar refractivity (Wildman–Crippen MR) is 157 cm³/mol. The number of methoxy groups -OCH3 is 1. The molecule has 0 aliphatic carbocycles. The number of carbonyl (C=O) groups excluding carboxylic acids is 2. The smallest absolute Gasteiger partial charge is 0.259 e. The van der Waals surface area contributed by atoms with Crippen LogP contribution in [0.15, 0.2) is 97.1 Å². The van der Waals surface area contributed by atoms with E-state index in [9.17, 15) is 9.59 Å². The quantitative estimate of drug-likeness (QED) is 0.309. The lowest BCUT2D eigenvalue weighted by Crippen LogP contribution is -2.44. The van der Waals surface area contributed by atoms with Crippen LogP contribution in [0, 0.1) is 0 Å². The molecule has 6 nitrogen and oxygen atoms in total. The molecule has 1 aliphatic heterocycles. The van der Waals surface area contributed by atoms with Crippen molar-refractivity contribution >= 4 is 34.8 Å². The van der Waals surface area contributed by atoms with E-state index in [0.29, 0.717) is 36.5 Å². The van der Waals surface area contributed by atoms with Crippen LogP contribution >= 0.6 is 11.6 Å². The molecule has 0 aromatic heterocycles. The first kappa shape index (κ1) is 26.6. The number of likely N-dealkylation sites (N-methyl/N-ethyl adjacent to an activating group) is 1. The van der Waals surface area contributed by atoms with Crippen LogP contribution in [-0.2, 0) is 11.3 Å². The van der Waals surface area contributed by atoms with Gasteiger partial charge in [0.2, 0.25) is 0 Å². The molecule has 0 spiro atoms. The Labute approximate surface area is 233 Å². The molecule has 0 saturated heterocycles. The van der Waals surface area contributed by atoms with Crippen molar-refractivity contribution in [2.75, 3.05) is 37.5 Å². The van der Waals surface area contributed by atoms with E-state index in [1.54, 1.807) is 36.3 Å². The first-order chi connectivity index (χ1) is 19.0. The number of nitrogens with one attached hydrogen (secondary N) is 1. The van der Waals surface area contributed by atoms with Gasteiger partial charge in [0, 0.05) is 37.1 Å². The summed E-state index contributed by atoms with van der Waals surface area (Å²) in [5.74, 6) is -0.451. The number of ether oxygens (including phenoxy) is 1. The summed E-state index contributed by atoms with van der Waals surface area (Å²) in [4.78, 5) is 31.1. The van der Waals surface area contributed by atoms with Gasteiger partial charge < -0.3 is 15.0 Å². The van der Waals surface area contributed by atoms with Gasteiger partial charge in [-0.3, -0.25) is 14.5 Å². The molecule has 4 aromatic rings. The SMILES string of the molecule is COC[C@@H]1CN(C(=O)c2ccc(NC(=O)c3ccccc3-c3ccccc3)cc2Cl)c2ccccc2CN1C. The van der Waals surface area contributed by atoms with Crippen LogP contribution in [0.5, 0.6) is 0 Å². The second kappa shape index (κ2) is 11.8. The molecule has 7 heteroatoms. The summed E-state index contributed by atoms with van der Waals surface area (Å²) in [6.45, 7) is 1.67. The predicted octanol–water partition coefficient (Wildman–Crippen LogP) is 6.37. The maximum Gasteiger partial charge on any atom is 0.259 e. The third-order valence-corrected chi connectivity index (χ3v) is 7.35. The maximum absolute atomic E-state index is 13.8. The third kappa shape index (κ3) is 5.73. The van der Waals surface area contributed by atoms with E-state index >= 15 is 0 Å². The van der Waals surface area contributed by atoms with Crippen molar-refractivity contribution in [2.24, 2.45) is 0 Å². The summed E-state index contributed by atoms with van der Waals surface area (Å²) in [7, 11) is 3.70. The average Bonchev–Trinajstić information content (AvgIpc) is 3.09. The molecule has 1 aliphatic rings. The van der Waals surface area contributed by atoms with Gasteiger partial charge in [-0.25, -0.2) is 0 Å². The van der Waals surface area contributed by atoms with Gasteiger partial charge in [-0.2, -0.15) is 0 Å². The summed E-state index contributed by atoms with van der Waals surface area (Å²) in [5.41, 5.74) is 5.14. The van der Waals surface area contributed by atoms with E-state index < -0.39 is 0 Å². The molecular formula is C32H30ClN3O3. The van der Waals surface area contributed by atoms with Crippen LogP contribution in [0.25, 0.3) is 11.1 Å². The Balaban J connectivity index is 1.40. The molecule has 1 heterocycles. The summed E-state index contributed by atoms with van der Waals surface area (Å²) in [5, 5.41) is 3.21. The Hall–Kier alpha value is -3.97. The summed E-state index contributed by atoms with van der Waals surface area (Å²) < 4.78 is 5.44. The summed E-state index contributed by atoms with van der Waals surface area (Å²) in [6.07, 6.45) is 0. The van der Waals surface area contributed by atoms with Gasteiger partial charge in [0.25, 0.3) is 11.8 Å². The van der Waals surface area contributed by atoms with Gasteiger partial charge in [-0.1, -0.05) is 78.3 Å². The van der Waals surface area contributed by atoms with Gasteiger partial charge in [0.15, 0.2) is 0 Å². The number of halogens is 1. The highest BCUT2D eigenvalue weighted by atomic mass is 35.5. The van der Waals surface area contributed by atoms with Gasteiger partial charge in [-0.15, -0.1) is 0 Å². The van der Waals surface area contributed by atoms with Crippen LogP contribution in [0.4, 0.5) is 11.4 Å². The fraction of sp³-hybridized carbons (Fsp3) is 0.188. The van der Waals surface area contributed by atoms with E-state index in [1.165, 1.54) is 0 Å². The van der Waals surface area contributed by atoms with Crippen molar-refractivity contribution in [3.63, 3.8) is 0 Å². The minimum Gasteiger partial charge on any atom is -0.383 e. The highest BCUT2D eigenvalue weighted by Crippen LogP contribution is 2.31. The number of carbonyl (C=O) groups is 2. The lowest BCUT2D eigenvalue weighted by Gasteiger charge is -2.29. The highest BCUT2D eigenvalue weighted by molar-refractivity contribution is 6.35. The largest absolute Gasteiger partial charge is 0.383 e. The van der Waals surface area contributed by atoms with Crippen molar-refractivity contribution in [3.8, 4) is 11.1 Å². The van der Waals surface area contributed by atoms with E-state index in [4.69, 9.17) is 16.3 Å². The average molecular weight is 540 g/mol. The van der Waals surface area contributed by atoms with Crippen molar-refractivity contribution in [2.45, 2.75) is 12.6 Å². The van der Waals surface area contributed by atoms with Gasteiger partial charge in [0.05, 0.1) is 23.2 Å². The zero-order valence-corrected chi connectivity index (χ0v) is 22.7. The van der Waals surface area contributed by atoms with Crippen molar-refractivity contribution < 1.29 is 14.3 Å². The van der Waals surface area contributed by atoms with Crippen LogP contribution in [-0.4, -0.2) is 50.1 Å². The molecule has 0 fully saturated rings. The van der Waals surface area contributed by atoms with E-state index in [2.05, 4.69) is 10.2 Å². The molecule has 2 amide bonds. The topological polar surface area (TPSA) is 61.9 Å². The van der Waals surface area contributed by atoms with Crippen molar-refractivity contribution in [3.05, 3.63) is 119 Å². The molecule has 1 N–H and O–H groups in total. The number of rotatable bonds is 6. The zero-order chi connectivity index (χ0) is 27.4. The van der Waals surface area contributed by atoms with Crippen LogP contribution in [0.2, 0.25) is 5.02 Å². The number of benzene rings is 4. The van der Waals surface area contributed by atoms with Crippen molar-refractivity contribution in [1.29, 1.82) is 0 Å². The number of para-hydroxylation sites is 1. The summed E-state index contributed by atoms with van der Waals surface area (Å²) >= 11 is 6.66. The Morgan fingerprint density at radius 3 is 2.41 bits per heavy atom. The van der Waals surface area contributed by atoms with E-state index in [1.807, 2.05) is 79.8 Å². The number of hydrogen-bond donors (Lipinski definition) is 1. The number of amides is 2. The lowest BCUT2D eigenvalue weighted by molar-refractivity contribution is 0.0928. The van der Waals surface area contributed by atoms with Gasteiger partial charge >= 0.3 is 0 Å². The van der Waals surface area contributed by atoms with E-state index in [0.717, 1.165) is 22.4 Å². The number of anilines is 2. The maximum atomic E-state index is 13.8. The molecular weight excluding hydrogens is 510 g/mol. The van der Waals surface area contributed by atoms with Crippen LogP contribution < -0.4 is 10.2 Å². The number of fused-ring (bicyclic) bond motifs is 1. The van der Waals surface area contributed by atoms with Crippen LogP contribution in [0.3, 0.4) is 0 Å². The minimum absolute atomic E-state index is 0.0216. The molecule has 0 unspecified atom stereocenters. The zero-order valence-electron chi connectivity index (χ0n) is 21.9. The molecule has 0 saturated carbocycles. The second-order valence-corrected chi connectivity index (χ2v) is 10.0. The summed E-state index contributed by atoms with van der Waals surface area (Å²) in [6, 6.07) is 30.2. The number of nitrogens with zero attached hydrogens (tertiary/aromatic N) is 2. The lowest BCUT2D eigenvalue weighted by atomic mass is 9.99. The molecule has 0 bridgehead atoms. The Morgan fingerprint density at radius 2 is 1.64 bits per heavy atom. The second-order valence-electron chi connectivity index (χ2n) is 9.63. The minimum atomic E-state index is -0.253. The fourth-order valence-electron chi connectivity index (χ4n) is 4.98. The molecule has 39 heavy (non-hydrogen) atoms. The molecule has 1 atom stereocenters. The number of hydrogen-bond acceptors (Lipinski definition) is 4. The van der Waals surface area contributed by atoms with Gasteiger partial charge in [-0.05, 0) is 54.1 Å².